The van der Waals surface area contributed by atoms with Crippen LogP contribution in [0.3, 0.4) is 0 Å². The molecule has 1 amide bonds. The van der Waals surface area contributed by atoms with Crippen molar-refractivity contribution in [3.8, 4) is 0 Å². The van der Waals surface area contributed by atoms with Gasteiger partial charge in [-0.05, 0) is 41.5 Å². The molecule has 0 aliphatic heterocycles. The molecule has 8 heteroatoms. The molecule has 120 valence electrons. The summed E-state index contributed by atoms with van der Waals surface area (Å²) in [7, 11) is 0. The number of aromatic amines is 1. The Balaban J connectivity index is 1.67. The predicted octanol–water partition coefficient (Wildman–Crippen LogP) is 1.52. The average Bonchev–Trinajstić information content (AvgIpc) is 3.19. The maximum Gasteiger partial charge on any atom is 0.222 e. The van der Waals surface area contributed by atoms with Crippen LogP contribution < -0.4 is 5.32 Å². The number of rotatable bonds is 6. The van der Waals surface area contributed by atoms with Crippen LogP contribution in [0.15, 0.2) is 24.5 Å². The first-order chi connectivity index (χ1) is 11.2. The molecule has 2 N–H and O–H groups in total. The van der Waals surface area contributed by atoms with E-state index in [-0.39, 0.29) is 11.9 Å². The number of nitrogens with one attached hydrogen (secondary N) is 2. The largest absolute Gasteiger partial charge is 0.346 e. The van der Waals surface area contributed by atoms with Crippen LogP contribution in [0.5, 0.6) is 0 Å². The van der Waals surface area contributed by atoms with Gasteiger partial charge in [0.05, 0.1) is 23.6 Å². The van der Waals surface area contributed by atoms with Crippen molar-refractivity contribution < 1.29 is 4.79 Å². The number of nitrogens with zero attached hydrogens (tertiary/aromatic N) is 5. The highest BCUT2D eigenvalue weighted by Crippen LogP contribution is 2.19. The topological polar surface area (TPSA) is 101 Å². The monoisotopic (exact) mass is 313 g/mol. The van der Waals surface area contributed by atoms with Crippen LogP contribution in [0.4, 0.5) is 0 Å². The molecular weight excluding hydrogens is 294 g/mol. The maximum absolute atomic E-state index is 12.1. The maximum atomic E-state index is 12.1. The van der Waals surface area contributed by atoms with Crippen LogP contribution >= 0.6 is 0 Å². The SMILES string of the molecule is CC[C@H](NC(=O)CCn1cnnn1)c1nc2ccc(C)cc2[nH]1. The van der Waals surface area contributed by atoms with Gasteiger partial charge in [-0.3, -0.25) is 4.79 Å². The van der Waals surface area contributed by atoms with Crippen LogP contribution in [0.1, 0.15) is 37.2 Å². The van der Waals surface area contributed by atoms with Gasteiger partial charge in [0.15, 0.2) is 0 Å². The molecule has 1 aromatic carbocycles. The molecule has 3 rings (SSSR count). The van der Waals surface area contributed by atoms with E-state index < -0.39 is 0 Å². The average molecular weight is 313 g/mol. The van der Waals surface area contributed by atoms with Gasteiger partial charge < -0.3 is 10.3 Å². The Morgan fingerprint density at radius 3 is 3.04 bits per heavy atom. The summed E-state index contributed by atoms with van der Waals surface area (Å²) in [5, 5.41) is 13.8. The molecule has 0 saturated carbocycles. The first kappa shape index (κ1) is 15.1. The van der Waals surface area contributed by atoms with Crippen LogP contribution in [-0.4, -0.2) is 36.1 Å². The van der Waals surface area contributed by atoms with Gasteiger partial charge in [-0.15, -0.1) is 5.10 Å². The van der Waals surface area contributed by atoms with Gasteiger partial charge >= 0.3 is 0 Å². The molecule has 0 aliphatic rings. The van der Waals surface area contributed by atoms with Gasteiger partial charge in [0.1, 0.15) is 12.2 Å². The van der Waals surface area contributed by atoms with E-state index in [9.17, 15) is 4.79 Å². The number of benzene rings is 1. The normalized spacial score (nSPS) is 12.4. The fourth-order valence-corrected chi connectivity index (χ4v) is 2.44. The lowest BCUT2D eigenvalue weighted by Gasteiger charge is -2.14. The Bertz CT molecular complexity index is 793. The molecule has 3 aromatic rings. The number of aryl methyl sites for hydroxylation is 2. The molecule has 0 saturated heterocycles. The zero-order valence-corrected chi connectivity index (χ0v) is 13.2. The van der Waals surface area contributed by atoms with Crippen LogP contribution in [0.2, 0.25) is 0 Å². The fraction of sp³-hybridized carbons (Fsp3) is 0.400. The van der Waals surface area contributed by atoms with Crippen molar-refractivity contribution in [3.05, 3.63) is 35.9 Å². The number of carbonyl (C=O) groups excluding carboxylic acids is 1. The van der Waals surface area contributed by atoms with E-state index in [1.54, 1.807) is 0 Å². The third-order valence-corrected chi connectivity index (χ3v) is 3.69. The minimum atomic E-state index is -0.135. The van der Waals surface area contributed by atoms with E-state index in [0.29, 0.717) is 13.0 Å². The number of amides is 1. The van der Waals surface area contributed by atoms with Gasteiger partial charge in [0.25, 0.3) is 0 Å². The Hall–Kier alpha value is -2.77. The Labute approximate surface area is 133 Å². The number of carbonyl (C=O) groups is 1. The number of hydrogen-bond donors (Lipinski definition) is 2. The lowest BCUT2D eigenvalue weighted by Crippen LogP contribution is -2.29. The molecule has 0 unspecified atom stereocenters. The molecule has 0 fully saturated rings. The first-order valence-corrected chi connectivity index (χ1v) is 7.62. The molecule has 0 bridgehead atoms. The highest BCUT2D eigenvalue weighted by atomic mass is 16.1. The summed E-state index contributed by atoms with van der Waals surface area (Å²) in [6, 6.07) is 5.93. The number of H-pyrrole nitrogens is 1. The predicted molar refractivity (Wildman–Crippen MR) is 84.4 cm³/mol. The number of tetrazole rings is 1. The quantitative estimate of drug-likeness (QED) is 0.718. The lowest BCUT2D eigenvalue weighted by atomic mass is 10.2. The van der Waals surface area contributed by atoms with Crippen molar-refractivity contribution in [2.75, 3.05) is 0 Å². The van der Waals surface area contributed by atoms with Crippen molar-refractivity contribution in [2.24, 2.45) is 0 Å². The molecular formula is C15H19N7O. The van der Waals surface area contributed by atoms with Gasteiger partial charge in [-0.1, -0.05) is 13.0 Å². The van der Waals surface area contributed by atoms with Crippen LogP contribution in [0.25, 0.3) is 11.0 Å². The molecule has 0 spiro atoms. The van der Waals surface area contributed by atoms with Crippen molar-refractivity contribution in [1.29, 1.82) is 0 Å². The van der Waals surface area contributed by atoms with E-state index in [1.165, 1.54) is 16.6 Å². The third-order valence-electron chi connectivity index (χ3n) is 3.69. The second-order valence-electron chi connectivity index (χ2n) is 5.49. The second-order valence-corrected chi connectivity index (χ2v) is 5.49. The summed E-state index contributed by atoms with van der Waals surface area (Å²) in [6.45, 7) is 4.51. The van der Waals surface area contributed by atoms with E-state index in [1.807, 2.05) is 26.0 Å². The molecule has 2 aromatic heterocycles. The standard InChI is InChI=1S/C15H19N7O/c1-3-11(17-14(23)6-7-22-9-16-20-21-22)15-18-12-5-4-10(2)8-13(12)19-15/h4-5,8-9,11H,3,6-7H2,1-2H3,(H,17,23)(H,18,19)/t11-/m0/s1. The summed E-state index contributed by atoms with van der Waals surface area (Å²) in [5.74, 6) is 0.729. The molecule has 0 aliphatic carbocycles. The molecule has 0 radical (unpaired) electrons. The Kier molecular flexibility index (Phi) is 4.31. The molecule has 2 heterocycles. The Morgan fingerprint density at radius 2 is 2.30 bits per heavy atom. The number of aromatic nitrogens is 6. The van der Waals surface area contributed by atoms with E-state index in [0.717, 1.165) is 23.3 Å². The van der Waals surface area contributed by atoms with E-state index >= 15 is 0 Å². The van der Waals surface area contributed by atoms with Gasteiger partial charge in [-0.2, -0.15) is 0 Å². The first-order valence-electron chi connectivity index (χ1n) is 7.62. The highest BCUT2D eigenvalue weighted by Gasteiger charge is 2.16. The third kappa shape index (κ3) is 3.53. The number of hydrogen-bond acceptors (Lipinski definition) is 5. The second kappa shape index (κ2) is 6.55. The van der Waals surface area contributed by atoms with Crippen molar-refractivity contribution >= 4 is 16.9 Å². The number of imidazole rings is 1. The Morgan fingerprint density at radius 1 is 1.43 bits per heavy atom. The molecule has 23 heavy (non-hydrogen) atoms. The summed E-state index contributed by atoms with van der Waals surface area (Å²) in [5.41, 5.74) is 3.07. The van der Waals surface area contributed by atoms with Gasteiger partial charge in [0.2, 0.25) is 5.91 Å². The molecule has 8 nitrogen and oxygen atoms in total. The summed E-state index contributed by atoms with van der Waals surface area (Å²) in [4.78, 5) is 20.0. The van der Waals surface area contributed by atoms with Gasteiger partial charge in [0, 0.05) is 6.42 Å². The van der Waals surface area contributed by atoms with E-state index in [4.69, 9.17) is 0 Å². The smallest absolute Gasteiger partial charge is 0.222 e. The summed E-state index contributed by atoms with van der Waals surface area (Å²) >= 11 is 0. The van der Waals surface area contributed by atoms with Crippen molar-refractivity contribution in [1.82, 2.24) is 35.5 Å². The zero-order valence-electron chi connectivity index (χ0n) is 13.2. The number of fused-ring (bicyclic) bond motifs is 1. The summed E-state index contributed by atoms with van der Waals surface area (Å²) in [6.07, 6.45) is 2.57. The lowest BCUT2D eigenvalue weighted by molar-refractivity contribution is -0.122. The summed E-state index contributed by atoms with van der Waals surface area (Å²) < 4.78 is 1.53. The fourth-order valence-electron chi connectivity index (χ4n) is 2.44. The van der Waals surface area contributed by atoms with Gasteiger partial charge in [-0.25, -0.2) is 9.67 Å². The van der Waals surface area contributed by atoms with Crippen LogP contribution in [0, 0.1) is 6.92 Å². The van der Waals surface area contributed by atoms with Crippen molar-refractivity contribution in [3.63, 3.8) is 0 Å². The minimum Gasteiger partial charge on any atom is -0.346 e. The zero-order chi connectivity index (χ0) is 16.2. The molecule has 1 atom stereocenters. The minimum absolute atomic E-state index is 0.0519. The van der Waals surface area contributed by atoms with Crippen LogP contribution in [-0.2, 0) is 11.3 Å². The van der Waals surface area contributed by atoms with Crippen molar-refractivity contribution in [2.45, 2.75) is 39.3 Å². The van der Waals surface area contributed by atoms with E-state index in [2.05, 4.69) is 36.9 Å². The highest BCUT2D eigenvalue weighted by molar-refractivity contribution is 5.77.